The lowest BCUT2D eigenvalue weighted by Gasteiger charge is -2.15. The largest absolute Gasteiger partial charge is 0.507 e. The third-order valence-electron chi connectivity index (χ3n) is 5.26. The minimum Gasteiger partial charge on any atom is -0.507 e. The molecule has 30 heavy (non-hydrogen) atoms. The second-order valence-electron chi connectivity index (χ2n) is 7.70. The van der Waals surface area contributed by atoms with Crippen LogP contribution in [-0.4, -0.2) is 41.6 Å². The van der Waals surface area contributed by atoms with Gasteiger partial charge in [-0.1, -0.05) is 61.4 Å². The molecule has 0 aliphatic rings. The van der Waals surface area contributed by atoms with Crippen LogP contribution in [0.2, 0.25) is 0 Å². The lowest BCUT2D eigenvalue weighted by atomic mass is 10.0. The molecule has 0 spiro atoms. The van der Waals surface area contributed by atoms with E-state index in [9.17, 15) is 15.3 Å². The molecule has 2 aromatic rings. The maximum atomic E-state index is 10.2. The van der Waals surface area contributed by atoms with Gasteiger partial charge in [-0.15, -0.1) is 0 Å². The van der Waals surface area contributed by atoms with Gasteiger partial charge in [-0.25, -0.2) is 0 Å². The second-order valence-corrected chi connectivity index (χ2v) is 7.70. The fourth-order valence-corrected chi connectivity index (χ4v) is 3.44. The third kappa shape index (κ3) is 9.26. The van der Waals surface area contributed by atoms with Crippen LogP contribution in [0.4, 0.5) is 0 Å². The van der Waals surface area contributed by atoms with Gasteiger partial charge in [-0.3, -0.25) is 0 Å². The molecule has 1 unspecified atom stereocenters. The van der Waals surface area contributed by atoms with E-state index in [2.05, 4.69) is 35.6 Å². The van der Waals surface area contributed by atoms with Crippen molar-refractivity contribution in [2.24, 2.45) is 0 Å². The zero-order valence-corrected chi connectivity index (χ0v) is 17.9. The molecule has 0 fully saturated rings. The Hall–Kier alpha value is -1.92. The average Bonchev–Trinajstić information content (AvgIpc) is 2.77. The number of rotatable bonds is 16. The molecular formula is C25H37NO4. The smallest absolute Gasteiger partial charge is 0.126 e. The van der Waals surface area contributed by atoms with Gasteiger partial charge in [0.05, 0.1) is 12.7 Å². The van der Waals surface area contributed by atoms with E-state index in [0.29, 0.717) is 17.7 Å². The van der Waals surface area contributed by atoms with Crippen molar-refractivity contribution in [3.63, 3.8) is 0 Å². The summed E-state index contributed by atoms with van der Waals surface area (Å²) < 4.78 is 5.72. The van der Waals surface area contributed by atoms with E-state index in [1.165, 1.54) is 12.0 Å². The molecule has 0 saturated carbocycles. The predicted octanol–water partition coefficient (Wildman–Crippen LogP) is 4.11. The Bertz CT molecular complexity index is 693. The van der Waals surface area contributed by atoms with Crippen molar-refractivity contribution < 1.29 is 20.1 Å². The molecule has 0 bridgehead atoms. The standard InChI is InChI=1S/C25H37NO4/c27-20-22-14-10-15-23(25(22)29)24(28)19-26-16-7-1-2-8-17-30-18-9-6-13-21-11-4-3-5-12-21/h3-5,10-12,14-15,24,26-29H,1-2,6-9,13,16-20H2. The van der Waals surface area contributed by atoms with Crippen LogP contribution in [0.25, 0.3) is 0 Å². The Kier molecular flexibility index (Phi) is 12.1. The molecule has 0 amide bonds. The van der Waals surface area contributed by atoms with E-state index < -0.39 is 6.10 Å². The summed E-state index contributed by atoms with van der Waals surface area (Å²) in [6, 6.07) is 15.6. The van der Waals surface area contributed by atoms with Crippen LogP contribution >= 0.6 is 0 Å². The molecule has 2 aromatic carbocycles. The quantitative estimate of drug-likeness (QED) is 0.310. The highest BCUT2D eigenvalue weighted by molar-refractivity contribution is 5.41. The van der Waals surface area contributed by atoms with Crippen LogP contribution in [0, 0.1) is 0 Å². The number of aromatic hydroxyl groups is 1. The van der Waals surface area contributed by atoms with Gasteiger partial charge in [-0.05, 0) is 44.2 Å². The van der Waals surface area contributed by atoms with Crippen molar-refractivity contribution in [3.8, 4) is 5.75 Å². The second kappa shape index (κ2) is 15.0. The van der Waals surface area contributed by atoms with Gasteiger partial charge in [0.2, 0.25) is 0 Å². The summed E-state index contributed by atoms with van der Waals surface area (Å²) in [5.74, 6) is -0.0191. The summed E-state index contributed by atoms with van der Waals surface area (Å²) in [7, 11) is 0. The van der Waals surface area contributed by atoms with E-state index in [0.717, 1.165) is 58.3 Å². The van der Waals surface area contributed by atoms with E-state index in [4.69, 9.17) is 4.74 Å². The Labute approximate surface area is 180 Å². The topological polar surface area (TPSA) is 82.0 Å². The summed E-state index contributed by atoms with van der Waals surface area (Å²) in [5.41, 5.74) is 2.29. The number of nitrogens with one attached hydrogen (secondary N) is 1. The Balaban J connectivity index is 1.40. The molecule has 0 aliphatic carbocycles. The third-order valence-corrected chi connectivity index (χ3v) is 5.26. The van der Waals surface area contributed by atoms with Gasteiger partial charge in [0.15, 0.2) is 0 Å². The van der Waals surface area contributed by atoms with E-state index >= 15 is 0 Å². The molecule has 0 aliphatic heterocycles. The summed E-state index contributed by atoms with van der Waals surface area (Å²) in [6.45, 7) is 2.65. The Morgan fingerprint density at radius 2 is 1.57 bits per heavy atom. The van der Waals surface area contributed by atoms with Gasteiger partial charge in [0, 0.05) is 30.9 Å². The van der Waals surface area contributed by atoms with Gasteiger partial charge < -0.3 is 25.4 Å². The van der Waals surface area contributed by atoms with Crippen LogP contribution in [0.15, 0.2) is 48.5 Å². The number of aliphatic hydroxyl groups is 2. The van der Waals surface area contributed by atoms with E-state index in [-0.39, 0.29) is 12.4 Å². The van der Waals surface area contributed by atoms with E-state index in [1.807, 2.05) is 0 Å². The first-order valence-electron chi connectivity index (χ1n) is 11.1. The fourth-order valence-electron chi connectivity index (χ4n) is 3.44. The number of para-hydroxylation sites is 1. The van der Waals surface area contributed by atoms with Crippen LogP contribution < -0.4 is 5.32 Å². The van der Waals surface area contributed by atoms with E-state index in [1.54, 1.807) is 18.2 Å². The number of unbranched alkanes of at least 4 members (excludes halogenated alkanes) is 4. The number of benzene rings is 2. The van der Waals surface area contributed by atoms with Crippen molar-refractivity contribution in [1.29, 1.82) is 0 Å². The molecule has 0 radical (unpaired) electrons. The minimum absolute atomic E-state index is 0.0191. The molecule has 166 valence electrons. The zero-order chi connectivity index (χ0) is 21.4. The maximum absolute atomic E-state index is 10.2. The number of hydrogen-bond acceptors (Lipinski definition) is 5. The molecule has 2 rings (SSSR count). The molecule has 4 N–H and O–H groups in total. The summed E-state index contributed by atoms with van der Waals surface area (Å²) in [6.07, 6.45) is 7.03. The van der Waals surface area contributed by atoms with Gasteiger partial charge in [-0.2, -0.15) is 0 Å². The Morgan fingerprint density at radius 1 is 0.833 bits per heavy atom. The highest BCUT2D eigenvalue weighted by Gasteiger charge is 2.14. The minimum atomic E-state index is -0.785. The summed E-state index contributed by atoms with van der Waals surface area (Å²) >= 11 is 0. The highest BCUT2D eigenvalue weighted by atomic mass is 16.5. The molecule has 0 heterocycles. The molecule has 0 aromatic heterocycles. The van der Waals surface area contributed by atoms with Crippen LogP contribution in [0.1, 0.15) is 61.3 Å². The molecule has 5 heteroatoms. The monoisotopic (exact) mass is 415 g/mol. The summed E-state index contributed by atoms with van der Waals surface area (Å²) in [5, 5.41) is 32.7. The first-order chi connectivity index (χ1) is 14.7. The fraction of sp³-hybridized carbons (Fsp3) is 0.520. The number of aliphatic hydroxyl groups excluding tert-OH is 2. The first kappa shape index (κ1) is 24.4. The van der Waals surface area contributed by atoms with Crippen LogP contribution in [-0.2, 0) is 17.8 Å². The predicted molar refractivity (Wildman–Crippen MR) is 121 cm³/mol. The van der Waals surface area contributed by atoms with Crippen molar-refractivity contribution in [1.82, 2.24) is 5.32 Å². The normalized spacial score (nSPS) is 12.2. The van der Waals surface area contributed by atoms with Gasteiger partial charge >= 0.3 is 0 Å². The van der Waals surface area contributed by atoms with Crippen molar-refractivity contribution in [2.75, 3.05) is 26.3 Å². The summed E-state index contributed by atoms with van der Waals surface area (Å²) in [4.78, 5) is 0. The molecule has 0 saturated heterocycles. The molecule has 1 atom stereocenters. The number of hydrogen-bond donors (Lipinski definition) is 4. The van der Waals surface area contributed by atoms with Crippen LogP contribution in [0.3, 0.4) is 0 Å². The van der Waals surface area contributed by atoms with Gasteiger partial charge in [0.1, 0.15) is 5.75 Å². The van der Waals surface area contributed by atoms with Crippen LogP contribution in [0.5, 0.6) is 5.75 Å². The lowest BCUT2D eigenvalue weighted by molar-refractivity contribution is 0.126. The van der Waals surface area contributed by atoms with Crippen molar-refractivity contribution in [2.45, 2.75) is 57.7 Å². The van der Waals surface area contributed by atoms with Crippen molar-refractivity contribution >= 4 is 0 Å². The maximum Gasteiger partial charge on any atom is 0.126 e. The lowest BCUT2D eigenvalue weighted by Crippen LogP contribution is -2.22. The SMILES string of the molecule is OCc1cccc(C(O)CNCCCCCCOCCCCc2ccccc2)c1O. The highest BCUT2D eigenvalue weighted by Crippen LogP contribution is 2.27. The molecular weight excluding hydrogens is 378 g/mol. The number of ether oxygens (including phenoxy) is 1. The zero-order valence-electron chi connectivity index (χ0n) is 17.9. The first-order valence-corrected chi connectivity index (χ1v) is 11.1. The van der Waals surface area contributed by atoms with Gasteiger partial charge in [0.25, 0.3) is 0 Å². The number of phenols is 1. The average molecular weight is 416 g/mol. The number of aryl methyl sites for hydroxylation is 1. The molecule has 5 nitrogen and oxygen atoms in total. The van der Waals surface area contributed by atoms with Crippen molar-refractivity contribution in [3.05, 3.63) is 65.2 Å². The Morgan fingerprint density at radius 3 is 2.33 bits per heavy atom.